The Morgan fingerprint density at radius 3 is 2.83 bits per heavy atom. The maximum atomic E-state index is 12.1. The van der Waals surface area contributed by atoms with Gasteiger partial charge >= 0.3 is 6.03 Å². The van der Waals surface area contributed by atoms with Crippen LogP contribution in [0.2, 0.25) is 0 Å². The zero-order chi connectivity index (χ0) is 24.7. The van der Waals surface area contributed by atoms with E-state index in [1.54, 1.807) is 18.5 Å². The van der Waals surface area contributed by atoms with Gasteiger partial charge in [0.1, 0.15) is 5.76 Å². The number of anilines is 3. The molecule has 4 heterocycles. The van der Waals surface area contributed by atoms with Crippen LogP contribution in [0.4, 0.5) is 22.1 Å². The molecule has 10 nitrogen and oxygen atoms in total. The quantitative estimate of drug-likeness (QED) is 0.198. The number of nitrogens with one attached hydrogen (secondary N) is 3. The van der Waals surface area contributed by atoms with Crippen molar-refractivity contribution < 1.29 is 9.21 Å². The molecule has 1 aromatic carbocycles. The fourth-order valence-electron chi connectivity index (χ4n) is 4.34. The molecular weight excluding hydrogens is 476 g/mol. The van der Waals surface area contributed by atoms with Crippen LogP contribution in [0.15, 0.2) is 65.5 Å². The lowest BCUT2D eigenvalue weighted by molar-refractivity contribution is 0.231. The molecule has 0 unspecified atom stereocenters. The van der Waals surface area contributed by atoms with Crippen molar-refractivity contribution in [3.8, 4) is 0 Å². The summed E-state index contributed by atoms with van der Waals surface area (Å²) in [4.78, 5) is 23.3. The number of hydrogen-bond acceptors (Lipinski definition) is 8. The molecule has 1 aliphatic rings. The van der Waals surface area contributed by atoms with E-state index >= 15 is 0 Å². The minimum Gasteiger partial charge on any atom is -0.467 e. The molecule has 0 saturated carbocycles. The summed E-state index contributed by atoms with van der Waals surface area (Å²) in [5.41, 5.74) is 8.88. The van der Waals surface area contributed by atoms with Gasteiger partial charge in [-0.3, -0.25) is 9.71 Å². The van der Waals surface area contributed by atoms with E-state index in [1.807, 2.05) is 30.3 Å². The summed E-state index contributed by atoms with van der Waals surface area (Å²) in [5, 5.41) is 6.39. The Balaban J connectivity index is 1.07. The lowest BCUT2D eigenvalue weighted by atomic mass is 10.1. The number of urea groups is 1. The number of hydrogen-bond donors (Lipinski definition) is 4. The van der Waals surface area contributed by atoms with Crippen molar-refractivity contribution in [3.63, 3.8) is 0 Å². The lowest BCUT2D eigenvalue weighted by Crippen LogP contribution is -2.40. The highest BCUT2D eigenvalue weighted by Crippen LogP contribution is 2.24. The van der Waals surface area contributed by atoms with Crippen LogP contribution >= 0.6 is 11.9 Å². The Labute approximate surface area is 213 Å². The van der Waals surface area contributed by atoms with E-state index in [4.69, 9.17) is 15.1 Å². The molecule has 36 heavy (non-hydrogen) atoms. The van der Waals surface area contributed by atoms with Crippen LogP contribution in [0.25, 0.3) is 11.0 Å². The van der Waals surface area contributed by atoms with Crippen molar-refractivity contribution >= 4 is 46.3 Å². The molecule has 4 aromatic rings. The summed E-state index contributed by atoms with van der Waals surface area (Å²) in [6.07, 6.45) is 6.88. The van der Waals surface area contributed by atoms with E-state index in [9.17, 15) is 4.79 Å². The molecule has 1 fully saturated rings. The third-order valence-corrected chi connectivity index (χ3v) is 6.96. The fraction of sp³-hybridized carbons (Fsp3) is 0.320. The molecule has 5 N–H and O–H groups in total. The molecule has 0 atom stereocenters. The first-order chi connectivity index (χ1) is 17.7. The van der Waals surface area contributed by atoms with E-state index in [1.165, 1.54) is 18.1 Å². The number of benzene rings is 1. The molecule has 3 aromatic heterocycles. The lowest BCUT2D eigenvalue weighted by Gasteiger charge is -2.32. The summed E-state index contributed by atoms with van der Waals surface area (Å²) in [5.74, 6) is 2.58. The van der Waals surface area contributed by atoms with Gasteiger partial charge < -0.3 is 30.3 Å². The number of para-hydroxylation sites is 2. The van der Waals surface area contributed by atoms with E-state index in [0.29, 0.717) is 24.0 Å². The number of amides is 2. The van der Waals surface area contributed by atoms with Crippen LogP contribution in [0.3, 0.4) is 0 Å². The minimum absolute atomic E-state index is 0.306. The zero-order valence-electron chi connectivity index (χ0n) is 19.9. The molecule has 0 bridgehead atoms. The van der Waals surface area contributed by atoms with Crippen molar-refractivity contribution in [1.82, 2.24) is 24.2 Å². The van der Waals surface area contributed by atoms with Crippen LogP contribution in [0.1, 0.15) is 18.6 Å². The van der Waals surface area contributed by atoms with Crippen molar-refractivity contribution in [2.45, 2.75) is 25.4 Å². The first-order valence-corrected chi connectivity index (χ1v) is 13.0. The molecule has 1 aliphatic heterocycles. The summed E-state index contributed by atoms with van der Waals surface area (Å²) in [7, 11) is 0. The van der Waals surface area contributed by atoms with Crippen molar-refractivity contribution in [1.29, 1.82) is 0 Å². The van der Waals surface area contributed by atoms with E-state index in [0.717, 1.165) is 61.0 Å². The Bertz CT molecular complexity index is 1280. The van der Waals surface area contributed by atoms with Gasteiger partial charge in [-0.05, 0) is 55.1 Å². The van der Waals surface area contributed by atoms with Gasteiger partial charge in [0.05, 0.1) is 41.4 Å². The van der Waals surface area contributed by atoms with E-state index in [-0.39, 0.29) is 6.03 Å². The summed E-state index contributed by atoms with van der Waals surface area (Å²) < 4.78 is 10.6. The number of rotatable bonds is 9. The smallest absolute Gasteiger partial charge is 0.329 e. The number of nitrogen functional groups attached to an aromatic ring is 1. The zero-order valence-corrected chi connectivity index (χ0v) is 20.7. The van der Waals surface area contributed by atoms with Crippen LogP contribution in [0, 0.1) is 0 Å². The molecule has 2 amide bonds. The van der Waals surface area contributed by atoms with Gasteiger partial charge in [-0.2, -0.15) is 0 Å². The average molecular weight is 507 g/mol. The number of nitrogens with zero attached hydrogens (tertiary/aromatic N) is 4. The van der Waals surface area contributed by atoms with Gasteiger partial charge in [-0.1, -0.05) is 12.1 Å². The van der Waals surface area contributed by atoms with Gasteiger partial charge in [0, 0.05) is 37.6 Å². The molecule has 0 spiro atoms. The molecule has 5 rings (SSSR count). The fourth-order valence-corrected chi connectivity index (χ4v) is 4.97. The summed E-state index contributed by atoms with van der Waals surface area (Å²) >= 11 is 1.39. The third kappa shape index (κ3) is 5.92. The predicted octanol–water partition coefficient (Wildman–Crippen LogP) is 4.00. The van der Waals surface area contributed by atoms with Crippen LogP contribution in [-0.4, -0.2) is 56.9 Å². The number of carbonyl (C=O) groups is 1. The molecule has 0 aliphatic carbocycles. The largest absolute Gasteiger partial charge is 0.467 e. The maximum Gasteiger partial charge on any atom is 0.329 e. The molecule has 188 valence electrons. The second kappa shape index (κ2) is 11.4. The van der Waals surface area contributed by atoms with Gasteiger partial charge in [0.25, 0.3) is 0 Å². The summed E-state index contributed by atoms with van der Waals surface area (Å²) in [6.45, 7) is 3.54. The van der Waals surface area contributed by atoms with Crippen LogP contribution < -0.4 is 21.1 Å². The number of imidazole rings is 1. The molecule has 11 heteroatoms. The molecule has 0 radical (unpaired) electrons. The number of piperidine rings is 1. The topological polar surface area (TPSA) is 126 Å². The number of nitrogens with two attached hydrogens (primary N) is 1. The van der Waals surface area contributed by atoms with Crippen molar-refractivity contribution in [2.24, 2.45) is 0 Å². The molecule has 1 saturated heterocycles. The van der Waals surface area contributed by atoms with Gasteiger partial charge in [-0.25, -0.2) is 9.78 Å². The van der Waals surface area contributed by atoms with E-state index < -0.39 is 0 Å². The Kier molecular flexibility index (Phi) is 7.58. The average Bonchev–Trinajstić information content (AvgIpc) is 3.53. The van der Waals surface area contributed by atoms with Gasteiger partial charge in [0.15, 0.2) is 0 Å². The first-order valence-electron chi connectivity index (χ1n) is 12.0. The van der Waals surface area contributed by atoms with Crippen molar-refractivity contribution in [2.75, 3.05) is 41.8 Å². The standard InChI is InChI=1S/C25H30N8O2S/c26-20-7-10-27-16-22(20)30-25(34)31-36-15-13-32-11-8-18(9-12-32)28-24-29-21-5-1-2-6-23(21)33(24)17-19-4-3-14-35-19/h1-7,10,14,16,18H,8-9,11-13,15,17H2,(H2,26,27)(H,28,29)(H2,30,31,34). The number of likely N-dealkylation sites (tertiary alicyclic amines) is 1. The van der Waals surface area contributed by atoms with E-state index in [2.05, 4.69) is 35.9 Å². The van der Waals surface area contributed by atoms with Crippen molar-refractivity contribution in [3.05, 3.63) is 66.9 Å². The number of aromatic nitrogens is 3. The van der Waals surface area contributed by atoms with Crippen LogP contribution in [-0.2, 0) is 6.54 Å². The number of carbonyl (C=O) groups excluding carboxylic acids is 1. The van der Waals surface area contributed by atoms with Gasteiger partial charge in [0.2, 0.25) is 5.95 Å². The number of furan rings is 1. The highest BCUT2D eigenvalue weighted by molar-refractivity contribution is 7.97. The summed E-state index contributed by atoms with van der Waals surface area (Å²) in [6, 6.07) is 13.8. The normalized spacial score (nSPS) is 14.7. The SMILES string of the molecule is Nc1ccncc1NC(=O)NSCCN1CCC(Nc2nc3ccccc3n2Cc2ccco2)CC1. The third-order valence-electron chi connectivity index (χ3n) is 6.25. The first kappa shape index (κ1) is 24.0. The highest BCUT2D eigenvalue weighted by Gasteiger charge is 2.21. The van der Waals surface area contributed by atoms with Gasteiger partial charge in [-0.15, -0.1) is 0 Å². The monoisotopic (exact) mass is 506 g/mol. The Morgan fingerprint density at radius 2 is 2.03 bits per heavy atom. The minimum atomic E-state index is -0.306. The maximum absolute atomic E-state index is 12.1. The highest BCUT2D eigenvalue weighted by atomic mass is 32.2. The Hall–Kier alpha value is -3.70. The Morgan fingerprint density at radius 1 is 1.17 bits per heavy atom. The number of fused-ring (bicyclic) bond motifs is 1. The second-order valence-electron chi connectivity index (χ2n) is 8.72. The predicted molar refractivity (Wildman–Crippen MR) is 144 cm³/mol. The van der Waals surface area contributed by atoms with Crippen LogP contribution in [0.5, 0.6) is 0 Å². The molecular formula is C25H30N8O2S. The number of pyridine rings is 1. The second-order valence-corrected chi connectivity index (χ2v) is 9.62.